The van der Waals surface area contributed by atoms with Crippen LogP contribution in [0.5, 0.6) is 0 Å². The maximum Gasteiger partial charge on any atom is 0.325 e. The van der Waals surface area contributed by atoms with E-state index in [1.807, 2.05) is 6.92 Å². The van der Waals surface area contributed by atoms with Crippen molar-refractivity contribution in [3.8, 4) is 0 Å². The molecule has 0 fully saturated rings. The zero-order chi connectivity index (χ0) is 12.1. The van der Waals surface area contributed by atoms with Gasteiger partial charge in [-0.3, -0.25) is 14.3 Å². The van der Waals surface area contributed by atoms with Crippen LogP contribution in [-0.4, -0.2) is 35.3 Å². The number of aromatic nitrogens is 2. The van der Waals surface area contributed by atoms with Gasteiger partial charge in [0.15, 0.2) is 0 Å². The van der Waals surface area contributed by atoms with Gasteiger partial charge in [-0.25, -0.2) is 0 Å². The predicted molar refractivity (Wildman–Crippen MR) is 57.3 cm³/mol. The fourth-order valence-electron chi connectivity index (χ4n) is 1.14. The van der Waals surface area contributed by atoms with Crippen molar-refractivity contribution in [2.45, 2.75) is 13.5 Å². The van der Waals surface area contributed by atoms with Crippen molar-refractivity contribution in [2.24, 2.45) is 0 Å². The second kappa shape index (κ2) is 5.50. The van der Waals surface area contributed by atoms with Crippen LogP contribution >= 0.6 is 11.6 Å². The van der Waals surface area contributed by atoms with Gasteiger partial charge >= 0.3 is 5.97 Å². The van der Waals surface area contributed by atoms with Crippen molar-refractivity contribution < 1.29 is 14.3 Å². The molecule has 0 aliphatic heterocycles. The van der Waals surface area contributed by atoms with Gasteiger partial charge in [-0.15, -0.1) is 0 Å². The molecule has 1 N–H and O–H groups in total. The van der Waals surface area contributed by atoms with Gasteiger partial charge in [-0.05, 0) is 6.92 Å². The summed E-state index contributed by atoms with van der Waals surface area (Å²) in [5.41, 5.74) is 0.244. The molecule has 0 unspecified atom stereocenters. The molecule has 1 rings (SSSR count). The van der Waals surface area contributed by atoms with Gasteiger partial charge < -0.3 is 10.1 Å². The summed E-state index contributed by atoms with van der Waals surface area (Å²) in [4.78, 5) is 22.5. The van der Waals surface area contributed by atoms with Crippen molar-refractivity contribution in [1.82, 2.24) is 15.1 Å². The van der Waals surface area contributed by atoms with E-state index in [4.69, 9.17) is 11.6 Å². The van der Waals surface area contributed by atoms with E-state index in [9.17, 15) is 9.59 Å². The Hall–Kier alpha value is -1.56. The normalized spacial score (nSPS) is 9.94. The molecule has 0 saturated carbocycles. The molecule has 7 heteroatoms. The van der Waals surface area contributed by atoms with Gasteiger partial charge in [-0.1, -0.05) is 11.6 Å². The second-order valence-corrected chi connectivity index (χ2v) is 3.32. The molecule has 0 saturated heterocycles. The SMILES string of the molecule is CCn1ncc(Cl)c1C(=O)NCC(=O)OC. The molecule has 0 aromatic carbocycles. The van der Waals surface area contributed by atoms with Crippen LogP contribution in [0.4, 0.5) is 0 Å². The Labute approximate surface area is 97.5 Å². The summed E-state index contributed by atoms with van der Waals surface area (Å²) in [5, 5.41) is 6.56. The van der Waals surface area contributed by atoms with E-state index in [1.165, 1.54) is 18.0 Å². The standard InChI is InChI=1S/C9H12ClN3O3/c1-3-13-8(6(10)4-12-13)9(15)11-5-7(14)16-2/h4H,3,5H2,1-2H3,(H,11,15). The first-order valence-corrected chi connectivity index (χ1v) is 5.04. The molecule has 1 amide bonds. The number of ether oxygens (including phenoxy) is 1. The number of nitrogens with zero attached hydrogens (tertiary/aromatic N) is 2. The van der Waals surface area contributed by atoms with Crippen molar-refractivity contribution >= 4 is 23.5 Å². The number of nitrogens with one attached hydrogen (secondary N) is 1. The summed E-state index contributed by atoms with van der Waals surface area (Å²) in [6, 6.07) is 0. The van der Waals surface area contributed by atoms with Gasteiger partial charge in [0.1, 0.15) is 12.2 Å². The summed E-state index contributed by atoms with van der Waals surface area (Å²) in [5.74, 6) is -0.971. The molecule has 0 radical (unpaired) electrons. The quantitative estimate of drug-likeness (QED) is 0.782. The predicted octanol–water partition coefficient (Wildman–Crippen LogP) is 0.459. The molecule has 6 nitrogen and oxygen atoms in total. The van der Waals surface area contributed by atoms with Crippen LogP contribution < -0.4 is 5.32 Å². The molecule has 16 heavy (non-hydrogen) atoms. The van der Waals surface area contributed by atoms with E-state index in [0.29, 0.717) is 6.54 Å². The zero-order valence-electron chi connectivity index (χ0n) is 8.99. The lowest BCUT2D eigenvalue weighted by Crippen LogP contribution is -2.31. The number of carbonyl (C=O) groups excluding carboxylic acids is 2. The molecule has 0 spiro atoms. The summed E-state index contributed by atoms with van der Waals surface area (Å²) in [6.07, 6.45) is 1.39. The van der Waals surface area contributed by atoms with E-state index in [2.05, 4.69) is 15.2 Å². The van der Waals surface area contributed by atoms with Crippen molar-refractivity contribution in [3.05, 3.63) is 16.9 Å². The number of halogens is 1. The average molecular weight is 246 g/mol. The Morgan fingerprint density at radius 3 is 2.88 bits per heavy atom. The Morgan fingerprint density at radius 1 is 1.62 bits per heavy atom. The third-order valence-electron chi connectivity index (χ3n) is 1.93. The number of methoxy groups -OCH3 is 1. The lowest BCUT2D eigenvalue weighted by atomic mass is 10.4. The number of carbonyl (C=O) groups is 2. The highest BCUT2D eigenvalue weighted by Gasteiger charge is 2.17. The Balaban J connectivity index is 2.72. The van der Waals surface area contributed by atoms with Gasteiger partial charge in [0.2, 0.25) is 0 Å². The smallest absolute Gasteiger partial charge is 0.325 e. The Bertz CT molecular complexity index is 403. The van der Waals surface area contributed by atoms with Crippen LogP contribution in [0.3, 0.4) is 0 Å². The third kappa shape index (κ3) is 2.73. The second-order valence-electron chi connectivity index (χ2n) is 2.92. The van der Waals surface area contributed by atoms with Crippen LogP contribution in [0, 0.1) is 0 Å². The summed E-state index contributed by atoms with van der Waals surface area (Å²) in [7, 11) is 1.25. The number of hydrogen-bond donors (Lipinski definition) is 1. The zero-order valence-corrected chi connectivity index (χ0v) is 9.74. The third-order valence-corrected chi connectivity index (χ3v) is 2.21. The number of esters is 1. The van der Waals surface area contributed by atoms with Crippen LogP contribution in [0.15, 0.2) is 6.20 Å². The van der Waals surface area contributed by atoms with Crippen LogP contribution in [-0.2, 0) is 16.1 Å². The highest BCUT2D eigenvalue weighted by Crippen LogP contribution is 2.14. The van der Waals surface area contributed by atoms with E-state index >= 15 is 0 Å². The van der Waals surface area contributed by atoms with Crippen molar-refractivity contribution in [1.29, 1.82) is 0 Å². The fraction of sp³-hybridized carbons (Fsp3) is 0.444. The van der Waals surface area contributed by atoms with Gasteiger partial charge in [-0.2, -0.15) is 5.10 Å². The molecule has 88 valence electrons. The van der Waals surface area contributed by atoms with Crippen LogP contribution in [0.25, 0.3) is 0 Å². The molecule has 0 aliphatic carbocycles. The molecule has 0 aliphatic rings. The van der Waals surface area contributed by atoms with E-state index in [0.717, 1.165) is 0 Å². The molecule has 0 bridgehead atoms. The summed E-state index contributed by atoms with van der Waals surface area (Å²) >= 11 is 5.81. The van der Waals surface area contributed by atoms with Gasteiger partial charge in [0, 0.05) is 6.54 Å². The minimum atomic E-state index is -0.521. The van der Waals surface area contributed by atoms with Gasteiger partial charge in [0.05, 0.1) is 18.3 Å². The maximum absolute atomic E-state index is 11.7. The highest BCUT2D eigenvalue weighted by atomic mass is 35.5. The maximum atomic E-state index is 11.7. The van der Waals surface area contributed by atoms with Crippen molar-refractivity contribution in [3.63, 3.8) is 0 Å². The Kier molecular flexibility index (Phi) is 4.30. The highest BCUT2D eigenvalue weighted by molar-refractivity contribution is 6.33. The Morgan fingerprint density at radius 2 is 2.31 bits per heavy atom. The average Bonchev–Trinajstić information content (AvgIpc) is 2.66. The molecular formula is C9H12ClN3O3. The monoisotopic (exact) mass is 245 g/mol. The summed E-state index contributed by atoms with van der Waals surface area (Å²) < 4.78 is 5.85. The molecule has 1 heterocycles. The van der Waals surface area contributed by atoms with Gasteiger partial charge in [0.25, 0.3) is 5.91 Å². The largest absolute Gasteiger partial charge is 0.468 e. The first kappa shape index (κ1) is 12.5. The lowest BCUT2D eigenvalue weighted by Gasteiger charge is -2.06. The molecule has 1 aromatic rings. The lowest BCUT2D eigenvalue weighted by molar-refractivity contribution is -0.139. The first-order valence-electron chi connectivity index (χ1n) is 4.66. The van der Waals surface area contributed by atoms with E-state index < -0.39 is 11.9 Å². The fourth-order valence-corrected chi connectivity index (χ4v) is 1.36. The number of amides is 1. The molecule has 0 atom stereocenters. The number of hydrogen-bond acceptors (Lipinski definition) is 4. The van der Waals surface area contributed by atoms with Crippen LogP contribution in [0.2, 0.25) is 5.02 Å². The molecular weight excluding hydrogens is 234 g/mol. The number of rotatable bonds is 4. The topological polar surface area (TPSA) is 73.2 Å². The van der Waals surface area contributed by atoms with Crippen LogP contribution in [0.1, 0.15) is 17.4 Å². The first-order chi connectivity index (χ1) is 7.60. The van der Waals surface area contributed by atoms with E-state index in [-0.39, 0.29) is 17.3 Å². The van der Waals surface area contributed by atoms with E-state index in [1.54, 1.807) is 0 Å². The minimum absolute atomic E-state index is 0.194. The molecule has 1 aromatic heterocycles. The minimum Gasteiger partial charge on any atom is -0.468 e. The van der Waals surface area contributed by atoms with Crippen molar-refractivity contribution in [2.75, 3.05) is 13.7 Å². The number of aryl methyl sites for hydroxylation is 1. The summed E-state index contributed by atoms with van der Waals surface area (Å²) in [6.45, 7) is 2.16.